The van der Waals surface area contributed by atoms with Gasteiger partial charge in [0.25, 0.3) is 0 Å². The molecule has 80 valence electrons. The van der Waals surface area contributed by atoms with E-state index in [1.54, 1.807) is 6.20 Å². The van der Waals surface area contributed by atoms with Gasteiger partial charge < -0.3 is 5.32 Å². The lowest BCUT2D eigenvalue weighted by Crippen LogP contribution is -2.28. The molecule has 0 spiro atoms. The molecule has 1 fully saturated rings. The van der Waals surface area contributed by atoms with Gasteiger partial charge in [0.05, 0.1) is 6.20 Å². The second-order valence-corrected chi connectivity index (χ2v) is 5.01. The van der Waals surface area contributed by atoms with Crippen molar-refractivity contribution in [2.75, 3.05) is 5.32 Å². The van der Waals surface area contributed by atoms with Crippen molar-refractivity contribution in [1.29, 1.82) is 0 Å². The molecule has 0 bridgehead atoms. The summed E-state index contributed by atoms with van der Waals surface area (Å²) >= 11 is 6.45. The fourth-order valence-electron chi connectivity index (χ4n) is 1.32. The normalized spacial score (nSPS) is 15.9. The van der Waals surface area contributed by atoms with Crippen LogP contribution in [-0.2, 0) is 4.79 Å². The summed E-state index contributed by atoms with van der Waals surface area (Å²) in [4.78, 5) is 19.8. The lowest BCUT2D eigenvalue weighted by molar-refractivity contribution is -0.122. The summed E-state index contributed by atoms with van der Waals surface area (Å²) in [6, 6.07) is 0. The summed E-state index contributed by atoms with van der Waals surface area (Å²) in [7, 11) is 0. The van der Waals surface area contributed by atoms with E-state index in [-0.39, 0.29) is 11.8 Å². The van der Waals surface area contributed by atoms with Gasteiger partial charge in [0, 0.05) is 5.92 Å². The Morgan fingerprint density at radius 3 is 2.73 bits per heavy atom. The molecule has 1 saturated carbocycles. The first-order valence-corrected chi connectivity index (χ1v) is 6.24. The van der Waals surface area contributed by atoms with E-state index in [0.717, 1.165) is 19.3 Å². The van der Waals surface area contributed by atoms with Crippen molar-refractivity contribution in [3.63, 3.8) is 0 Å². The number of rotatable bonds is 2. The predicted octanol–water partition coefficient (Wildman–Crippen LogP) is 2.74. The van der Waals surface area contributed by atoms with Crippen LogP contribution < -0.4 is 5.32 Å². The third kappa shape index (κ3) is 2.55. The van der Waals surface area contributed by atoms with Gasteiger partial charge in [-0.15, -0.1) is 0 Å². The van der Waals surface area contributed by atoms with Gasteiger partial charge >= 0.3 is 0 Å². The monoisotopic (exact) mass is 333 g/mol. The molecule has 1 N–H and O–H groups in total. The molecule has 1 aliphatic carbocycles. The summed E-state index contributed by atoms with van der Waals surface area (Å²) in [6.07, 6.45) is 4.66. The van der Waals surface area contributed by atoms with Gasteiger partial charge in [0.2, 0.25) is 5.91 Å². The summed E-state index contributed by atoms with van der Waals surface area (Å²) in [5.41, 5.74) is 0. The van der Waals surface area contributed by atoms with E-state index in [4.69, 9.17) is 0 Å². The highest BCUT2D eigenvalue weighted by Gasteiger charge is 2.25. The second kappa shape index (κ2) is 4.57. The number of anilines is 1. The Morgan fingerprint density at radius 2 is 2.20 bits per heavy atom. The van der Waals surface area contributed by atoms with Crippen LogP contribution in [0.3, 0.4) is 0 Å². The van der Waals surface area contributed by atoms with Gasteiger partial charge in [0.1, 0.15) is 9.21 Å². The quantitative estimate of drug-likeness (QED) is 0.904. The maximum atomic E-state index is 11.6. The minimum Gasteiger partial charge on any atom is -0.308 e. The number of amides is 1. The van der Waals surface area contributed by atoms with Crippen molar-refractivity contribution in [2.24, 2.45) is 5.92 Å². The Hall–Kier alpha value is -0.490. The fraction of sp³-hybridized carbons (Fsp3) is 0.444. The van der Waals surface area contributed by atoms with E-state index < -0.39 is 0 Å². The minimum atomic E-state index is 0.0403. The van der Waals surface area contributed by atoms with Crippen molar-refractivity contribution in [1.82, 2.24) is 9.97 Å². The number of carbonyl (C=O) groups excluding carboxylic acids is 1. The zero-order valence-corrected chi connectivity index (χ0v) is 11.0. The third-order valence-corrected chi connectivity index (χ3v) is 3.35. The van der Waals surface area contributed by atoms with Crippen molar-refractivity contribution < 1.29 is 4.79 Å². The number of nitrogens with one attached hydrogen (secondary N) is 1. The minimum absolute atomic E-state index is 0.0403. The lowest BCUT2D eigenvalue weighted by atomic mass is 9.85. The van der Waals surface area contributed by atoms with Gasteiger partial charge in [-0.2, -0.15) is 0 Å². The van der Waals surface area contributed by atoms with Crippen LogP contribution in [0.2, 0.25) is 0 Å². The summed E-state index contributed by atoms with van der Waals surface area (Å²) in [6.45, 7) is 0. The van der Waals surface area contributed by atoms with E-state index >= 15 is 0 Å². The molecule has 0 aliphatic heterocycles. The molecule has 4 nitrogen and oxygen atoms in total. The highest BCUT2D eigenvalue weighted by Crippen LogP contribution is 2.28. The van der Waals surface area contributed by atoms with Crippen LogP contribution in [0.4, 0.5) is 5.82 Å². The molecule has 2 rings (SSSR count). The maximum absolute atomic E-state index is 11.6. The SMILES string of the molecule is O=C(Nc1ncc(Br)nc1Br)C1CCC1. The molecule has 15 heavy (non-hydrogen) atoms. The highest BCUT2D eigenvalue weighted by molar-refractivity contribution is 9.11. The Kier molecular flexibility index (Phi) is 3.35. The molecule has 0 unspecified atom stereocenters. The lowest BCUT2D eigenvalue weighted by Gasteiger charge is -2.23. The Balaban J connectivity index is 2.06. The van der Waals surface area contributed by atoms with Crippen LogP contribution in [0.5, 0.6) is 0 Å². The summed E-state index contributed by atoms with van der Waals surface area (Å²) < 4.78 is 1.18. The van der Waals surface area contributed by atoms with Crippen LogP contribution in [0, 0.1) is 5.92 Å². The second-order valence-electron chi connectivity index (χ2n) is 3.45. The van der Waals surface area contributed by atoms with Crippen molar-refractivity contribution in [3.8, 4) is 0 Å². The zero-order chi connectivity index (χ0) is 10.8. The van der Waals surface area contributed by atoms with Crippen LogP contribution in [0.15, 0.2) is 15.4 Å². The molecule has 1 aliphatic rings. The van der Waals surface area contributed by atoms with Crippen molar-refractivity contribution in [3.05, 3.63) is 15.4 Å². The summed E-state index contributed by atoms with van der Waals surface area (Å²) in [5.74, 6) is 0.677. The van der Waals surface area contributed by atoms with Crippen LogP contribution >= 0.6 is 31.9 Å². The van der Waals surface area contributed by atoms with Gasteiger partial charge in [0.15, 0.2) is 5.82 Å². The number of hydrogen-bond acceptors (Lipinski definition) is 3. The average Bonchev–Trinajstić information content (AvgIpc) is 2.07. The highest BCUT2D eigenvalue weighted by atomic mass is 79.9. The standard InChI is InChI=1S/C9H9Br2N3O/c10-6-4-12-8(7(11)13-6)14-9(15)5-2-1-3-5/h4-5H,1-3H2,(H,12,14,15). The van der Waals surface area contributed by atoms with E-state index in [0.29, 0.717) is 15.0 Å². The third-order valence-electron chi connectivity index (χ3n) is 2.42. The van der Waals surface area contributed by atoms with E-state index in [1.807, 2.05) is 0 Å². The maximum Gasteiger partial charge on any atom is 0.228 e. The molecule has 6 heteroatoms. The molecule has 0 atom stereocenters. The van der Waals surface area contributed by atoms with E-state index in [2.05, 4.69) is 47.1 Å². The molecule has 1 heterocycles. The smallest absolute Gasteiger partial charge is 0.228 e. The van der Waals surface area contributed by atoms with Crippen LogP contribution in [-0.4, -0.2) is 15.9 Å². The topological polar surface area (TPSA) is 54.9 Å². The molecule has 0 aromatic carbocycles. The first-order valence-electron chi connectivity index (χ1n) is 4.65. The molecular formula is C9H9Br2N3O. The first kappa shape index (κ1) is 11.0. The van der Waals surface area contributed by atoms with E-state index in [9.17, 15) is 4.79 Å². The van der Waals surface area contributed by atoms with Crippen molar-refractivity contribution >= 4 is 43.6 Å². The average molecular weight is 335 g/mol. The fourth-order valence-corrected chi connectivity index (χ4v) is 2.23. The summed E-state index contributed by atoms with van der Waals surface area (Å²) in [5, 5.41) is 2.76. The molecular weight excluding hydrogens is 326 g/mol. The van der Waals surface area contributed by atoms with Gasteiger partial charge in [-0.05, 0) is 44.7 Å². The van der Waals surface area contributed by atoms with E-state index in [1.165, 1.54) is 0 Å². The molecule has 1 aromatic rings. The van der Waals surface area contributed by atoms with Crippen molar-refractivity contribution in [2.45, 2.75) is 19.3 Å². The molecule has 1 amide bonds. The zero-order valence-electron chi connectivity index (χ0n) is 7.83. The first-order chi connectivity index (χ1) is 7.16. The Bertz CT molecular complexity index is 393. The molecule has 0 radical (unpaired) electrons. The van der Waals surface area contributed by atoms with Crippen LogP contribution in [0.25, 0.3) is 0 Å². The van der Waals surface area contributed by atoms with Crippen LogP contribution in [0.1, 0.15) is 19.3 Å². The van der Waals surface area contributed by atoms with Gasteiger partial charge in [-0.25, -0.2) is 9.97 Å². The van der Waals surface area contributed by atoms with Gasteiger partial charge in [-0.3, -0.25) is 4.79 Å². The number of nitrogens with zero attached hydrogens (tertiary/aromatic N) is 2. The number of halogens is 2. The number of hydrogen-bond donors (Lipinski definition) is 1. The molecule has 0 saturated heterocycles. The predicted molar refractivity (Wildman–Crippen MR) is 63.4 cm³/mol. The van der Waals surface area contributed by atoms with Gasteiger partial charge in [-0.1, -0.05) is 6.42 Å². The number of carbonyl (C=O) groups is 1. The molecule has 1 aromatic heterocycles. The Labute approximate surface area is 104 Å². The Morgan fingerprint density at radius 1 is 1.47 bits per heavy atom. The largest absolute Gasteiger partial charge is 0.308 e. The number of aromatic nitrogens is 2.